The van der Waals surface area contributed by atoms with Crippen LogP contribution in [0.2, 0.25) is 10.0 Å². The molecule has 0 aliphatic heterocycles. The van der Waals surface area contributed by atoms with Crippen LogP contribution in [0.25, 0.3) is 0 Å². The number of nitrogens with two attached hydrogens (primary N) is 1. The Bertz CT molecular complexity index is 615. The predicted molar refractivity (Wildman–Crippen MR) is 78.9 cm³/mol. The first-order valence-electron chi connectivity index (χ1n) is 5.78. The average molecular weight is 311 g/mol. The van der Waals surface area contributed by atoms with Gasteiger partial charge in [-0.1, -0.05) is 29.3 Å². The van der Waals surface area contributed by atoms with Crippen LogP contribution in [0.5, 0.6) is 5.75 Å². The molecular formula is C14H12Cl2N2O2. The lowest BCUT2D eigenvalue weighted by Crippen LogP contribution is -2.29. The molecule has 0 aliphatic carbocycles. The third-order valence-corrected chi connectivity index (χ3v) is 3.38. The van der Waals surface area contributed by atoms with E-state index in [4.69, 9.17) is 33.8 Å². The van der Waals surface area contributed by atoms with E-state index in [1.165, 1.54) is 0 Å². The Morgan fingerprint density at radius 3 is 2.40 bits per heavy atom. The highest BCUT2D eigenvalue weighted by Crippen LogP contribution is 2.23. The van der Waals surface area contributed by atoms with Crippen LogP contribution in [0.15, 0.2) is 42.5 Å². The molecule has 2 aromatic carbocycles. The van der Waals surface area contributed by atoms with Crippen molar-refractivity contribution in [3.8, 4) is 5.75 Å². The zero-order valence-electron chi connectivity index (χ0n) is 10.4. The first-order valence-corrected chi connectivity index (χ1v) is 6.53. The summed E-state index contributed by atoms with van der Waals surface area (Å²) in [5.74, 6) is 5.35. The Morgan fingerprint density at radius 2 is 1.80 bits per heavy atom. The standard InChI is InChI=1S/C14H12Cl2N2O2/c15-12-6-1-9(7-13(12)16)8-20-11-4-2-10(3-5-11)14(19)18-17/h1-7H,8,17H2,(H,18,19). The van der Waals surface area contributed by atoms with Gasteiger partial charge in [0.2, 0.25) is 0 Å². The van der Waals surface area contributed by atoms with Gasteiger partial charge in [-0.15, -0.1) is 0 Å². The zero-order chi connectivity index (χ0) is 14.5. The van der Waals surface area contributed by atoms with Crippen molar-refractivity contribution in [2.24, 2.45) is 5.84 Å². The maximum atomic E-state index is 11.3. The molecule has 0 bridgehead atoms. The molecule has 0 aromatic heterocycles. The van der Waals surface area contributed by atoms with E-state index in [2.05, 4.69) is 5.43 Å². The van der Waals surface area contributed by atoms with Crippen molar-refractivity contribution in [2.45, 2.75) is 6.61 Å². The number of amides is 1. The van der Waals surface area contributed by atoms with Crippen LogP contribution >= 0.6 is 23.2 Å². The van der Waals surface area contributed by atoms with Gasteiger partial charge in [0.1, 0.15) is 12.4 Å². The van der Waals surface area contributed by atoms with Gasteiger partial charge in [-0.25, -0.2) is 5.84 Å². The second-order valence-corrected chi connectivity index (χ2v) is 4.85. The first kappa shape index (κ1) is 14.7. The van der Waals surface area contributed by atoms with Crippen molar-refractivity contribution in [3.05, 3.63) is 63.6 Å². The zero-order valence-corrected chi connectivity index (χ0v) is 11.9. The SMILES string of the molecule is NNC(=O)c1ccc(OCc2ccc(Cl)c(Cl)c2)cc1. The summed E-state index contributed by atoms with van der Waals surface area (Å²) in [7, 11) is 0. The van der Waals surface area contributed by atoms with Gasteiger partial charge in [-0.3, -0.25) is 10.2 Å². The van der Waals surface area contributed by atoms with E-state index in [-0.39, 0.29) is 5.91 Å². The van der Waals surface area contributed by atoms with E-state index in [0.29, 0.717) is 28.0 Å². The molecule has 20 heavy (non-hydrogen) atoms. The van der Waals surface area contributed by atoms with Gasteiger partial charge in [0.05, 0.1) is 10.0 Å². The number of rotatable bonds is 4. The highest BCUT2D eigenvalue weighted by molar-refractivity contribution is 6.42. The summed E-state index contributed by atoms with van der Waals surface area (Å²) < 4.78 is 5.59. The normalized spacial score (nSPS) is 10.2. The summed E-state index contributed by atoms with van der Waals surface area (Å²) in [6.45, 7) is 0.360. The second kappa shape index (κ2) is 6.61. The minimum atomic E-state index is -0.346. The molecule has 4 nitrogen and oxygen atoms in total. The molecule has 0 atom stereocenters. The number of halogens is 2. The maximum Gasteiger partial charge on any atom is 0.265 e. The summed E-state index contributed by atoms with van der Waals surface area (Å²) >= 11 is 11.8. The van der Waals surface area contributed by atoms with E-state index in [0.717, 1.165) is 5.56 Å². The molecule has 0 spiro atoms. The number of hydrogen-bond donors (Lipinski definition) is 2. The Balaban J connectivity index is 2.00. The number of hydrazine groups is 1. The highest BCUT2D eigenvalue weighted by Gasteiger charge is 2.04. The van der Waals surface area contributed by atoms with Crippen molar-refractivity contribution < 1.29 is 9.53 Å². The number of carbonyl (C=O) groups is 1. The lowest BCUT2D eigenvalue weighted by molar-refractivity contribution is 0.0953. The van der Waals surface area contributed by atoms with Crippen molar-refractivity contribution in [1.29, 1.82) is 0 Å². The minimum absolute atomic E-state index is 0.346. The summed E-state index contributed by atoms with van der Waals surface area (Å²) in [6.07, 6.45) is 0. The lowest BCUT2D eigenvalue weighted by Gasteiger charge is -2.08. The molecule has 0 saturated carbocycles. The summed E-state index contributed by atoms with van der Waals surface area (Å²) in [4.78, 5) is 11.3. The topological polar surface area (TPSA) is 64.3 Å². The largest absolute Gasteiger partial charge is 0.489 e. The minimum Gasteiger partial charge on any atom is -0.489 e. The van der Waals surface area contributed by atoms with E-state index < -0.39 is 0 Å². The molecule has 0 radical (unpaired) electrons. The Kier molecular flexibility index (Phi) is 4.84. The first-order chi connectivity index (χ1) is 9.60. The third-order valence-electron chi connectivity index (χ3n) is 2.64. The number of ether oxygens (including phenoxy) is 1. The molecule has 2 aromatic rings. The van der Waals surface area contributed by atoms with Crippen LogP contribution in [0.3, 0.4) is 0 Å². The Morgan fingerprint density at radius 1 is 1.10 bits per heavy atom. The third kappa shape index (κ3) is 3.63. The van der Waals surface area contributed by atoms with E-state index in [1.54, 1.807) is 36.4 Å². The molecule has 1 amide bonds. The fourth-order valence-electron chi connectivity index (χ4n) is 1.58. The van der Waals surface area contributed by atoms with Crippen molar-refractivity contribution in [2.75, 3.05) is 0 Å². The van der Waals surface area contributed by atoms with E-state index in [1.807, 2.05) is 6.07 Å². The van der Waals surface area contributed by atoms with Gasteiger partial charge < -0.3 is 4.74 Å². The van der Waals surface area contributed by atoms with Gasteiger partial charge in [-0.2, -0.15) is 0 Å². The number of nitrogen functional groups attached to an aromatic ring is 1. The molecule has 6 heteroatoms. The van der Waals surface area contributed by atoms with Gasteiger partial charge in [0.15, 0.2) is 0 Å². The van der Waals surface area contributed by atoms with Gasteiger partial charge in [0.25, 0.3) is 5.91 Å². The Labute approximate surface area is 126 Å². The second-order valence-electron chi connectivity index (χ2n) is 4.03. The molecule has 0 fully saturated rings. The predicted octanol–water partition coefficient (Wildman–Crippen LogP) is 3.18. The molecule has 0 aliphatic rings. The summed E-state index contributed by atoms with van der Waals surface area (Å²) in [6, 6.07) is 12.0. The van der Waals surface area contributed by atoms with Crippen LogP contribution in [-0.2, 0) is 6.61 Å². The van der Waals surface area contributed by atoms with E-state index in [9.17, 15) is 4.79 Å². The van der Waals surface area contributed by atoms with Gasteiger partial charge in [-0.05, 0) is 42.0 Å². The number of carbonyl (C=O) groups excluding carboxylic acids is 1. The number of hydrogen-bond acceptors (Lipinski definition) is 3. The molecule has 2 rings (SSSR count). The molecular weight excluding hydrogens is 299 g/mol. The van der Waals surface area contributed by atoms with Gasteiger partial charge in [0, 0.05) is 5.56 Å². The van der Waals surface area contributed by atoms with Crippen LogP contribution in [0, 0.1) is 0 Å². The summed E-state index contributed by atoms with van der Waals surface area (Å²) in [5.41, 5.74) is 3.44. The fourth-order valence-corrected chi connectivity index (χ4v) is 1.90. The van der Waals surface area contributed by atoms with Crippen LogP contribution in [-0.4, -0.2) is 5.91 Å². The van der Waals surface area contributed by atoms with Crippen LogP contribution in [0.1, 0.15) is 15.9 Å². The number of benzene rings is 2. The average Bonchev–Trinajstić information content (AvgIpc) is 2.48. The molecule has 3 N–H and O–H groups in total. The summed E-state index contributed by atoms with van der Waals surface area (Å²) in [5, 5.41) is 0.996. The maximum absolute atomic E-state index is 11.3. The van der Waals surface area contributed by atoms with Crippen molar-refractivity contribution in [3.63, 3.8) is 0 Å². The smallest absolute Gasteiger partial charge is 0.265 e. The lowest BCUT2D eigenvalue weighted by atomic mass is 10.2. The van der Waals surface area contributed by atoms with Crippen LogP contribution in [0.4, 0.5) is 0 Å². The number of nitrogens with one attached hydrogen (secondary N) is 1. The van der Waals surface area contributed by atoms with E-state index >= 15 is 0 Å². The fraction of sp³-hybridized carbons (Fsp3) is 0.0714. The van der Waals surface area contributed by atoms with Crippen molar-refractivity contribution >= 4 is 29.1 Å². The molecule has 0 unspecified atom stereocenters. The molecule has 0 heterocycles. The Hall–Kier alpha value is -1.75. The van der Waals surface area contributed by atoms with Gasteiger partial charge >= 0.3 is 0 Å². The quantitative estimate of drug-likeness (QED) is 0.518. The van der Waals surface area contributed by atoms with Crippen molar-refractivity contribution in [1.82, 2.24) is 5.43 Å². The van der Waals surface area contributed by atoms with Crippen LogP contribution < -0.4 is 16.0 Å². The molecule has 104 valence electrons. The monoisotopic (exact) mass is 310 g/mol. The highest BCUT2D eigenvalue weighted by atomic mass is 35.5. The molecule has 0 saturated heterocycles.